The van der Waals surface area contributed by atoms with E-state index in [0.29, 0.717) is 18.4 Å². The van der Waals surface area contributed by atoms with Crippen LogP contribution in [0.5, 0.6) is 0 Å². The molecule has 1 aliphatic carbocycles. The first kappa shape index (κ1) is 20.5. The largest absolute Gasteiger partial charge is 0.463 e. The summed E-state index contributed by atoms with van der Waals surface area (Å²) in [5.74, 6) is 0.592. The van der Waals surface area contributed by atoms with Gasteiger partial charge in [0.25, 0.3) is 0 Å². The van der Waals surface area contributed by atoms with Crippen molar-refractivity contribution in [1.29, 1.82) is 0 Å². The Balaban J connectivity index is 0.00000400. The second-order valence-corrected chi connectivity index (χ2v) is 5.85. The number of hydrogen-bond donors (Lipinski definition) is 2. The van der Waals surface area contributed by atoms with Crippen LogP contribution < -0.4 is 10.6 Å². The van der Waals surface area contributed by atoms with Crippen LogP contribution in [0.1, 0.15) is 52.9 Å². The summed E-state index contributed by atoms with van der Waals surface area (Å²) in [4.78, 5) is 15.6. The van der Waals surface area contributed by atoms with Gasteiger partial charge >= 0.3 is 5.97 Å². The molecule has 124 valence electrons. The van der Waals surface area contributed by atoms with Gasteiger partial charge in [0.1, 0.15) is 0 Å². The highest BCUT2D eigenvalue weighted by Crippen LogP contribution is 2.42. The quantitative estimate of drug-likeness (QED) is 0.293. The van der Waals surface area contributed by atoms with Crippen LogP contribution in [0.25, 0.3) is 0 Å². The van der Waals surface area contributed by atoms with Crippen LogP contribution in [-0.2, 0) is 9.53 Å². The predicted molar refractivity (Wildman–Crippen MR) is 97.2 cm³/mol. The molecule has 1 fully saturated rings. The maximum absolute atomic E-state index is 11.4. The Morgan fingerprint density at radius 3 is 2.43 bits per heavy atom. The lowest BCUT2D eigenvalue weighted by molar-refractivity contribution is -0.147. The van der Waals surface area contributed by atoms with E-state index in [4.69, 9.17) is 4.74 Å². The standard InChI is InChI=1S/C15H29N3O2.HI/c1-5-15(8-6-9-15)11-18-14(16-4)17-10-7-13(19)20-12(2)3;/h12H,5-11H2,1-4H3,(H2,16,17,18);1H. The van der Waals surface area contributed by atoms with Crippen molar-refractivity contribution in [3.63, 3.8) is 0 Å². The van der Waals surface area contributed by atoms with Gasteiger partial charge < -0.3 is 15.4 Å². The lowest BCUT2D eigenvalue weighted by atomic mass is 9.67. The molecule has 21 heavy (non-hydrogen) atoms. The minimum absolute atomic E-state index is 0. The molecule has 6 heteroatoms. The van der Waals surface area contributed by atoms with Crippen LogP contribution in [0.4, 0.5) is 0 Å². The molecule has 0 aromatic heterocycles. The van der Waals surface area contributed by atoms with E-state index in [1.165, 1.54) is 25.7 Å². The van der Waals surface area contributed by atoms with E-state index in [1.807, 2.05) is 13.8 Å². The van der Waals surface area contributed by atoms with Crippen molar-refractivity contribution in [3.05, 3.63) is 0 Å². The van der Waals surface area contributed by atoms with Gasteiger partial charge in [-0.3, -0.25) is 9.79 Å². The van der Waals surface area contributed by atoms with Crippen LogP contribution in [0.15, 0.2) is 4.99 Å². The number of nitrogens with zero attached hydrogens (tertiary/aromatic N) is 1. The molecular weight excluding hydrogens is 381 g/mol. The normalized spacial score (nSPS) is 16.7. The second-order valence-electron chi connectivity index (χ2n) is 5.85. The summed E-state index contributed by atoms with van der Waals surface area (Å²) in [7, 11) is 1.75. The molecule has 0 aromatic carbocycles. The summed E-state index contributed by atoms with van der Waals surface area (Å²) in [6.45, 7) is 7.46. The zero-order valence-corrected chi connectivity index (χ0v) is 16.0. The summed E-state index contributed by atoms with van der Waals surface area (Å²) in [5.41, 5.74) is 0.453. The third-order valence-corrected chi connectivity index (χ3v) is 4.01. The summed E-state index contributed by atoms with van der Waals surface area (Å²) in [6.07, 6.45) is 5.45. The maximum Gasteiger partial charge on any atom is 0.307 e. The van der Waals surface area contributed by atoms with Gasteiger partial charge in [0.05, 0.1) is 12.5 Å². The van der Waals surface area contributed by atoms with Gasteiger partial charge in [-0.05, 0) is 38.5 Å². The monoisotopic (exact) mass is 411 g/mol. The van der Waals surface area contributed by atoms with Crippen molar-refractivity contribution in [1.82, 2.24) is 10.6 Å². The van der Waals surface area contributed by atoms with Crippen LogP contribution >= 0.6 is 24.0 Å². The number of hydrogen-bond acceptors (Lipinski definition) is 3. The van der Waals surface area contributed by atoms with Crippen LogP contribution in [0.2, 0.25) is 0 Å². The fourth-order valence-corrected chi connectivity index (χ4v) is 2.43. The molecule has 5 nitrogen and oxygen atoms in total. The molecule has 2 N–H and O–H groups in total. The van der Waals surface area contributed by atoms with Gasteiger partial charge in [-0.15, -0.1) is 24.0 Å². The van der Waals surface area contributed by atoms with Crippen molar-refractivity contribution in [2.45, 2.75) is 59.0 Å². The van der Waals surface area contributed by atoms with Crippen molar-refractivity contribution < 1.29 is 9.53 Å². The highest BCUT2D eigenvalue weighted by molar-refractivity contribution is 14.0. The van der Waals surface area contributed by atoms with Crippen LogP contribution in [0, 0.1) is 5.41 Å². The van der Waals surface area contributed by atoms with Gasteiger partial charge in [0, 0.05) is 20.1 Å². The van der Waals surface area contributed by atoms with E-state index < -0.39 is 0 Å². The van der Waals surface area contributed by atoms with E-state index in [9.17, 15) is 4.79 Å². The molecule has 1 rings (SSSR count). The first-order valence-electron chi connectivity index (χ1n) is 7.65. The van der Waals surface area contributed by atoms with E-state index in [0.717, 1.165) is 12.5 Å². The lowest BCUT2D eigenvalue weighted by Gasteiger charge is -2.41. The van der Waals surface area contributed by atoms with Crippen LogP contribution in [0.3, 0.4) is 0 Å². The van der Waals surface area contributed by atoms with Crippen LogP contribution in [-0.4, -0.2) is 38.2 Å². The van der Waals surface area contributed by atoms with E-state index in [1.54, 1.807) is 7.05 Å². The number of guanidine groups is 1. The first-order valence-corrected chi connectivity index (χ1v) is 7.65. The smallest absolute Gasteiger partial charge is 0.307 e. The number of carbonyl (C=O) groups excluding carboxylic acids is 1. The zero-order valence-electron chi connectivity index (χ0n) is 13.7. The molecule has 0 aromatic rings. The maximum atomic E-state index is 11.4. The second kappa shape index (κ2) is 10.2. The van der Waals surface area contributed by atoms with Crippen molar-refractivity contribution in [2.75, 3.05) is 20.1 Å². The molecule has 0 spiro atoms. The summed E-state index contributed by atoms with van der Waals surface area (Å²) >= 11 is 0. The van der Waals surface area contributed by atoms with E-state index in [2.05, 4.69) is 22.5 Å². The molecular formula is C15H30IN3O2. The van der Waals surface area contributed by atoms with E-state index >= 15 is 0 Å². The Morgan fingerprint density at radius 2 is 2.00 bits per heavy atom. The molecule has 0 saturated heterocycles. The minimum atomic E-state index is -0.174. The predicted octanol–water partition coefficient (Wildman–Crippen LogP) is 2.69. The fraction of sp³-hybridized carbons (Fsp3) is 0.867. The summed E-state index contributed by atoms with van der Waals surface area (Å²) in [5, 5.41) is 6.52. The Morgan fingerprint density at radius 1 is 1.33 bits per heavy atom. The molecule has 0 amide bonds. The molecule has 1 saturated carbocycles. The minimum Gasteiger partial charge on any atom is -0.463 e. The number of esters is 1. The molecule has 0 radical (unpaired) electrons. The van der Waals surface area contributed by atoms with Crippen molar-refractivity contribution in [3.8, 4) is 0 Å². The van der Waals surface area contributed by atoms with Gasteiger partial charge in [-0.1, -0.05) is 13.3 Å². The topological polar surface area (TPSA) is 62.7 Å². The summed E-state index contributed by atoms with van der Waals surface area (Å²) in [6, 6.07) is 0. The number of carbonyl (C=O) groups is 1. The molecule has 0 atom stereocenters. The zero-order chi connectivity index (χ0) is 15.0. The van der Waals surface area contributed by atoms with Crippen molar-refractivity contribution >= 4 is 35.9 Å². The van der Waals surface area contributed by atoms with Gasteiger partial charge in [-0.2, -0.15) is 0 Å². The molecule has 0 aliphatic heterocycles. The molecule has 0 heterocycles. The molecule has 1 aliphatic rings. The van der Waals surface area contributed by atoms with Crippen molar-refractivity contribution in [2.24, 2.45) is 10.4 Å². The number of ether oxygens (including phenoxy) is 1. The molecule has 0 unspecified atom stereocenters. The SMILES string of the molecule is CCC1(CNC(=NC)NCCC(=O)OC(C)C)CCC1.I. The summed E-state index contributed by atoms with van der Waals surface area (Å²) < 4.78 is 5.08. The Labute approximate surface area is 145 Å². The Hall–Kier alpha value is -0.530. The number of nitrogens with one attached hydrogen (secondary N) is 2. The fourth-order valence-electron chi connectivity index (χ4n) is 2.43. The highest BCUT2D eigenvalue weighted by atomic mass is 127. The third-order valence-electron chi connectivity index (χ3n) is 4.01. The third kappa shape index (κ3) is 7.33. The number of aliphatic imine (C=N–C) groups is 1. The Bertz CT molecular complexity index is 336. The highest BCUT2D eigenvalue weighted by Gasteiger charge is 2.34. The number of rotatable bonds is 7. The van der Waals surface area contributed by atoms with Gasteiger partial charge in [0.2, 0.25) is 0 Å². The van der Waals surface area contributed by atoms with Gasteiger partial charge in [0.15, 0.2) is 5.96 Å². The van der Waals surface area contributed by atoms with E-state index in [-0.39, 0.29) is 36.0 Å². The first-order chi connectivity index (χ1) is 9.51. The lowest BCUT2D eigenvalue weighted by Crippen LogP contribution is -2.46. The Kier molecular flexibility index (Phi) is 9.98. The molecule has 0 bridgehead atoms. The average Bonchev–Trinajstić information content (AvgIpc) is 2.34. The van der Waals surface area contributed by atoms with Gasteiger partial charge in [-0.25, -0.2) is 0 Å². The average molecular weight is 411 g/mol. The number of halogens is 1.